The summed E-state index contributed by atoms with van der Waals surface area (Å²) in [7, 11) is 0. The van der Waals surface area contributed by atoms with Gasteiger partial charge in [-0.3, -0.25) is 0 Å². The van der Waals surface area contributed by atoms with Gasteiger partial charge in [0.1, 0.15) is 0 Å². The maximum Gasteiger partial charge on any atom is 0.183 e. The van der Waals surface area contributed by atoms with E-state index >= 15 is 0 Å². The van der Waals surface area contributed by atoms with E-state index in [-0.39, 0.29) is 20.3 Å². The Balaban J connectivity index is 2.47. The van der Waals surface area contributed by atoms with E-state index in [0.29, 0.717) is 21.5 Å². The topological polar surface area (TPSA) is 80.9 Å². The Morgan fingerprint density at radius 2 is 1.05 bits per heavy atom. The van der Waals surface area contributed by atoms with Crippen LogP contribution in [0, 0.1) is 0 Å². The van der Waals surface area contributed by atoms with E-state index < -0.39 is 0 Å². The van der Waals surface area contributed by atoms with Crippen molar-refractivity contribution in [3.63, 3.8) is 0 Å². The summed E-state index contributed by atoms with van der Waals surface area (Å²) >= 11 is 3.28. The van der Waals surface area contributed by atoms with Crippen molar-refractivity contribution in [1.82, 2.24) is 0 Å². The molecule has 0 amide bonds. The number of benzene rings is 1. The summed E-state index contributed by atoms with van der Waals surface area (Å²) in [5, 5.41) is 42.1. The van der Waals surface area contributed by atoms with Crippen molar-refractivity contribution >= 4 is 65.0 Å². The van der Waals surface area contributed by atoms with Gasteiger partial charge >= 0.3 is 0 Å². The van der Waals surface area contributed by atoms with Crippen LogP contribution in [0.25, 0.3) is 30.9 Å². The third kappa shape index (κ3) is 1.32. The first-order valence-corrected chi connectivity index (χ1v) is 7.72. The van der Waals surface area contributed by atoms with Crippen molar-refractivity contribution < 1.29 is 20.4 Å². The minimum atomic E-state index is 0.0166. The van der Waals surface area contributed by atoms with E-state index in [0.717, 1.165) is 20.7 Å². The summed E-state index contributed by atoms with van der Waals surface area (Å²) < 4.78 is 1.61. The minimum Gasteiger partial charge on any atom is -0.499 e. The van der Waals surface area contributed by atoms with Gasteiger partial charge < -0.3 is 20.4 Å². The largest absolute Gasteiger partial charge is 0.499 e. The van der Waals surface area contributed by atoms with Crippen LogP contribution in [0.15, 0.2) is 12.1 Å². The molecule has 0 saturated heterocycles. The Bertz CT molecular complexity index is 884. The lowest BCUT2D eigenvalue weighted by atomic mass is 10.1. The molecule has 0 fully saturated rings. The zero-order chi connectivity index (χ0) is 13.3. The molecule has 0 unspecified atom stereocenters. The molecule has 4 aromatic rings. The smallest absolute Gasteiger partial charge is 0.183 e. The molecule has 0 aliphatic heterocycles. The first kappa shape index (κ1) is 11.2. The van der Waals surface area contributed by atoms with Crippen molar-refractivity contribution in [3.05, 3.63) is 12.1 Å². The van der Waals surface area contributed by atoms with Gasteiger partial charge in [0.05, 0.1) is 9.40 Å². The summed E-state index contributed by atoms with van der Waals surface area (Å²) in [6.45, 7) is 0. The molecule has 4 nitrogen and oxygen atoms in total. The normalized spacial score (nSPS) is 12.0. The highest BCUT2D eigenvalue weighted by atomic mass is 32.1. The van der Waals surface area contributed by atoms with Crippen LogP contribution in [0.4, 0.5) is 0 Å². The van der Waals surface area contributed by atoms with Gasteiger partial charge in [0.15, 0.2) is 20.3 Å². The zero-order valence-corrected chi connectivity index (χ0v) is 11.6. The maximum absolute atomic E-state index is 9.99. The van der Waals surface area contributed by atoms with Crippen molar-refractivity contribution in [2.75, 3.05) is 0 Å². The molecule has 4 rings (SSSR count). The van der Waals surface area contributed by atoms with Crippen molar-refractivity contribution in [2.24, 2.45) is 0 Å². The van der Waals surface area contributed by atoms with Crippen LogP contribution in [0.2, 0.25) is 0 Å². The van der Waals surface area contributed by atoms with Gasteiger partial charge in [-0.1, -0.05) is 34.0 Å². The Morgan fingerprint density at radius 1 is 0.632 bits per heavy atom. The molecule has 3 aromatic heterocycles. The molecule has 0 aliphatic carbocycles. The summed E-state index contributed by atoms with van der Waals surface area (Å²) in [4.78, 5) is 0. The lowest BCUT2D eigenvalue weighted by molar-refractivity contribution is 0.490. The first-order chi connectivity index (χ1) is 9.06. The van der Waals surface area contributed by atoms with Crippen LogP contribution < -0.4 is 0 Å². The van der Waals surface area contributed by atoms with Gasteiger partial charge in [0.25, 0.3) is 0 Å². The molecule has 0 spiro atoms. The van der Waals surface area contributed by atoms with Crippen LogP contribution in [-0.4, -0.2) is 20.4 Å². The quantitative estimate of drug-likeness (QED) is 0.393. The van der Waals surface area contributed by atoms with E-state index in [1.165, 1.54) is 22.7 Å². The van der Waals surface area contributed by atoms with Gasteiger partial charge in [-0.2, -0.15) is 0 Å². The molecule has 0 saturated carbocycles. The molecule has 0 radical (unpaired) electrons. The van der Waals surface area contributed by atoms with Gasteiger partial charge in [0, 0.05) is 33.7 Å². The summed E-state index contributed by atoms with van der Waals surface area (Å²) in [6.07, 6.45) is 0. The molecule has 0 aliphatic rings. The molecule has 3 heterocycles. The average molecular weight is 310 g/mol. The maximum atomic E-state index is 9.99. The monoisotopic (exact) mass is 310 g/mol. The summed E-state index contributed by atoms with van der Waals surface area (Å²) in [5.41, 5.74) is 0. The van der Waals surface area contributed by atoms with Crippen molar-refractivity contribution in [2.45, 2.75) is 0 Å². The summed E-state index contributed by atoms with van der Waals surface area (Å²) in [6, 6.07) is 3.15. The van der Waals surface area contributed by atoms with E-state index in [2.05, 4.69) is 0 Å². The summed E-state index contributed by atoms with van der Waals surface area (Å²) in [5.74, 6) is 0. The van der Waals surface area contributed by atoms with Crippen LogP contribution in [0.1, 0.15) is 0 Å². The Hall–Kier alpha value is -1.70. The average Bonchev–Trinajstić information content (AvgIpc) is 2.94. The molecule has 0 bridgehead atoms. The molecule has 1 aromatic carbocycles. The Kier molecular flexibility index (Phi) is 2.02. The molecule has 0 atom stereocenters. The zero-order valence-electron chi connectivity index (χ0n) is 9.17. The predicted molar refractivity (Wildman–Crippen MR) is 79.3 cm³/mol. The highest BCUT2D eigenvalue weighted by Gasteiger charge is 2.21. The van der Waals surface area contributed by atoms with Gasteiger partial charge in [-0.05, 0) is 0 Å². The van der Waals surface area contributed by atoms with Crippen LogP contribution in [0.5, 0.6) is 20.3 Å². The third-order valence-electron chi connectivity index (χ3n) is 3.05. The molecule has 96 valence electrons. The number of aromatic hydroxyl groups is 4. The fourth-order valence-electron chi connectivity index (χ4n) is 2.37. The van der Waals surface area contributed by atoms with E-state index in [9.17, 15) is 20.4 Å². The Morgan fingerprint density at radius 3 is 1.47 bits per heavy atom. The van der Waals surface area contributed by atoms with Crippen LogP contribution >= 0.6 is 34.0 Å². The van der Waals surface area contributed by atoms with Gasteiger partial charge in [-0.15, -0.1) is 0 Å². The van der Waals surface area contributed by atoms with Gasteiger partial charge in [-0.25, -0.2) is 0 Å². The van der Waals surface area contributed by atoms with Crippen LogP contribution in [0.3, 0.4) is 0 Å². The number of fused-ring (bicyclic) bond motifs is 6. The highest BCUT2D eigenvalue weighted by molar-refractivity contribution is 7.29. The number of rotatable bonds is 0. The molecule has 19 heavy (non-hydrogen) atoms. The van der Waals surface area contributed by atoms with E-state index in [1.807, 2.05) is 0 Å². The third-order valence-corrected chi connectivity index (χ3v) is 5.89. The standard InChI is InChI=1S/C12H6O4S3/c13-5-1-3-7-8(12(16)19-11(7)15)4-2-6(14)18-10(4)9(3)17-5/h1-2,13-16H. The Labute approximate surface area is 118 Å². The minimum absolute atomic E-state index is 0.0166. The SMILES string of the molecule is Oc1cc2c(s1)c1sc(O)cc1c1c(O)sc(O)c21. The first-order valence-electron chi connectivity index (χ1n) is 5.27. The highest BCUT2D eigenvalue weighted by Crippen LogP contribution is 2.54. The fraction of sp³-hybridized carbons (Fsp3) is 0. The second-order valence-electron chi connectivity index (χ2n) is 4.12. The number of thiophene rings is 3. The lowest BCUT2D eigenvalue weighted by Crippen LogP contribution is -1.70. The molecular weight excluding hydrogens is 304 g/mol. The number of hydrogen-bond donors (Lipinski definition) is 4. The second-order valence-corrected chi connectivity index (χ2v) is 7.16. The molecular formula is C12H6O4S3. The number of hydrogen-bond acceptors (Lipinski definition) is 7. The van der Waals surface area contributed by atoms with Gasteiger partial charge in [0.2, 0.25) is 0 Å². The predicted octanol–water partition coefficient (Wildman–Crippen LogP) is 4.15. The van der Waals surface area contributed by atoms with Crippen LogP contribution in [-0.2, 0) is 0 Å². The lowest BCUT2D eigenvalue weighted by Gasteiger charge is -1.98. The molecule has 7 heteroatoms. The second kappa shape index (κ2) is 3.44. The van der Waals surface area contributed by atoms with E-state index in [1.54, 1.807) is 12.1 Å². The van der Waals surface area contributed by atoms with Crippen molar-refractivity contribution in [1.29, 1.82) is 0 Å². The van der Waals surface area contributed by atoms with E-state index in [4.69, 9.17) is 0 Å². The van der Waals surface area contributed by atoms with Crippen molar-refractivity contribution in [3.8, 4) is 20.3 Å². The fourth-order valence-corrected chi connectivity index (χ4v) is 5.15. The molecule has 4 N–H and O–H groups in total.